The normalized spacial score (nSPS) is 13.0. The van der Waals surface area contributed by atoms with Crippen LogP contribution in [0.15, 0.2) is 24.3 Å². The van der Waals surface area contributed by atoms with Gasteiger partial charge in [0, 0.05) is 18.4 Å². The molecule has 1 aliphatic heterocycles. The fraction of sp³-hybridized carbons (Fsp3) is 0.333. The van der Waals surface area contributed by atoms with E-state index in [1.165, 1.54) is 0 Å². The standard InChI is InChI=1S/C18H23N5O2/c1-10(2)15-7-14(16(17(19)20)23(15)21-3)18(24)22-13-5-4-11-8-25-9-12(11)6-13/h4-7,10,21H,8-9H2,1-3H3,(H3,19,20)(H,22,24). The average Bonchev–Trinajstić information content (AvgIpc) is 3.18. The topological polar surface area (TPSA) is 105 Å². The first kappa shape index (κ1) is 17.0. The summed E-state index contributed by atoms with van der Waals surface area (Å²) >= 11 is 0. The van der Waals surface area contributed by atoms with Crippen molar-refractivity contribution in [2.45, 2.75) is 33.0 Å². The summed E-state index contributed by atoms with van der Waals surface area (Å²) in [5, 5.41) is 10.8. The molecule has 25 heavy (non-hydrogen) atoms. The number of nitrogens with one attached hydrogen (secondary N) is 3. The number of hydrogen-bond acceptors (Lipinski definition) is 4. The van der Waals surface area contributed by atoms with Gasteiger partial charge in [-0.15, -0.1) is 0 Å². The summed E-state index contributed by atoms with van der Waals surface area (Å²) in [6, 6.07) is 7.52. The molecule has 0 radical (unpaired) electrons. The minimum Gasteiger partial charge on any atom is -0.382 e. The number of amides is 1. The Labute approximate surface area is 146 Å². The average molecular weight is 341 g/mol. The molecule has 1 aromatic heterocycles. The van der Waals surface area contributed by atoms with E-state index in [2.05, 4.69) is 10.7 Å². The number of carbonyl (C=O) groups excluding carboxylic acids is 1. The van der Waals surface area contributed by atoms with E-state index >= 15 is 0 Å². The molecule has 1 amide bonds. The summed E-state index contributed by atoms with van der Waals surface area (Å²) < 4.78 is 7.09. The lowest BCUT2D eigenvalue weighted by molar-refractivity contribution is 0.102. The molecule has 2 aromatic rings. The molecule has 0 saturated heterocycles. The summed E-state index contributed by atoms with van der Waals surface area (Å²) in [5.41, 5.74) is 13.3. The van der Waals surface area contributed by atoms with Crippen molar-refractivity contribution >= 4 is 17.4 Å². The van der Waals surface area contributed by atoms with Gasteiger partial charge in [-0.3, -0.25) is 14.9 Å². The van der Waals surface area contributed by atoms with Gasteiger partial charge < -0.3 is 21.2 Å². The number of anilines is 1. The number of carbonyl (C=O) groups is 1. The monoisotopic (exact) mass is 341 g/mol. The first-order chi connectivity index (χ1) is 11.9. The van der Waals surface area contributed by atoms with E-state index in [0.717, 1.165) is 16.8 Å². The molecule has 0 bridgehead atoms. The van der Waals surface area contributed by atoms with E-state index in [4.69, 9.17) is 15.9 Å². The van der Waals surface area contributed by atoms with Crippen LogP contribution in [0.25, 0.3) is 0 Å². The van der Waals surface area contributed by atoms with Crippen LogP contribution in [0.5, 0.6) is 0 Å². The van der Waals surface area contributed by atoms with Crippen molar-refractivity contribution in [2.75, 3.05) is 17.8 Å². The van der Waals surface area contributed by atoms with E-state index < -0.39 is 0 Å². The van der Waals surface area contributed by atoms with Crippen LogP contribution < -0.4 is 16.5 Å². The second-order valence-electron chi connectivity index (χ2n) is 6.39. The molecular formula is C18H23N5O2. The molecular weight excluding hydrogens is 318 g/mol. The molecule has 0 atom stereocenters. The van der Waals surface area contributed by atoms with Gasteiger partial charge in [0.25, 0.3) is 5.91 Å². The number of benzene rings is 1. The number of nitrogens with zero attached hydrogens (tertiary/aromatic N) is 1. The summed E-state index contributed by atoms with van der Waals surface area (Å²) in [6.07, 6.45) is 0. The Morgan fingerprint density at radius 3 is 2.64 bits per heavy atom. The number of ether oxygens (including phenoxy) is 1. The third-order valence-electron chi connectivity index (χ3n) is 4.32. The lowest BCUT2D eigenvalue weighted by Gasteiger charge is -2.14. The molecule has 0 aliphatic carbocycles. The van der Waals surface area contributed by atoms with Gasteiger partial charge in [-0.05, 0) is 35.2 Å². The Hall–Kier alpha value is -2.80. The quantitative estimate of drug-likeness (QED) is 0.495. The summed E-state index contributed by atoms with van der Waals surface area (Å²) in [5.74, 6) is -0.280. The maximum Gasteiger partial charge on any atom is 0.258 e. The fourth-order valence-corrected chi connectivity index (χ4v) is 3.08. The maximum absolute atomic E-state index is 12.8. The van der Waals surface area contributed by atoms with E-state index in [-0.39, 0.29) is 17.7 Å². The van der Waals surface area contributed by atoms with Gasteiger partial charge >= 0.3 is 0 Å². The van der Waals surface area contributed by atoms with Crippen molar-refractivity contribution in [3.05, 3.63) is 52.3 Å². The highest BCUT2D eigenvalue weighted by atomic mass is 16.5. The van der Waals surface area contributed by atoms with Crippen LogP contribution in [-0.4, -0.2) is 23.5 Å². The smallest absolute Gasteiger partial charge is 0.258 e. The van der Waals surface area contributed by atoms with E-state index in [1.54, 1.807) is 17.8 Å². The largest absolute Gasteiger partial charge is 0.382 e. The zero-order valence-electron chi connectivity index (χ0n) is 14.6. The molecule has 5 N–H and O–H groups in total. The number of fused-ring (bicyclic) bond motifs is 1. The Balaban J connectivity index is 1.95. The van der Waals surface area contributed by atoms with E-state index in [1.807, 2.05) is 32.0 Å². The van der Waals surface area contributed by atoms with Crippen LogP contribution in [0.4, 0.5) is 5.69 Å². The van der Waals surface area contributed by atoms with Gasteiger partial charge in [0.05, 0.1) is 18.8 Å². The third kappa shape index (κ3) is 3.10. The van der Waals surface area contributed by atoms with Crippen LogP contribution in [0.2, 0.25) is 0 Å². The Morgan fingerprint density at radius 2 is 2.00 bits per heavy atom. The predicted octanol–water partition coefficient (Wildman–Crippen LogP) is 2.35. The number of aromatic nitrogens is 1. The number of amidine groups is 1. The van der Waals surface area contributed by atoms with Gasteiger partial charge in [0.1, 0.15) is 11.5 Å². The van der Waals surface area contributed by atoms with Crippen molar-refractivity contribution in [1.29, 1.82) is 5.41 Å². The molecule has 7 heteroatoms. The second kappa shape index (κ2) is 6.60. The lowest BCUT2D eigenvalue weighted by atomic mass is 10.1. The van der Waals surface area contributed by atoms with Crippen LogP contribution in [-0.2, 0) is 18.0 Å². The first-order valence-corrected chi connectivity index (χ1v) is 8.21. The van der Waals surface area contributed by atoms with Crippen LogP contribution in [0.1, 0.15) is 52.6 Å². The van der Waals surface area contributed by atoms with Crippen LogP contribution in [0.3, 0.4) is 0 Å². The van der Waals surface area contributed by atoms with Crippen LogP contribution in [0, 0.1) is 5.41 Å². The Kier molecular flexibility index (Phi) is 4.50. The Bertz CT molecular complexity index is 838. The summed E-state index contributed by atoms with van der Waals surface area (Å²) in [4.78, 5) is 12.8. The first-order valence-electron chi connectivity index (χ1n) is 8.21. The number of nitrogen functional groups attached to an aromatic ring is 1. The van der Waals surface area contributed by atoms with Crippen molar-refractivity contribution in [3.8, 4) is 0 Å². The molecule has 0 spiro atoms. The van der Waals surface area contributed by atoms with Crippen molar-refractivity contribution in [2.24, 2.45) is 5.73 Å². The summed E-state index contributed by atoms with van der Waals surface area (Å²) in [6.45, 7) is 5.22. The molecule has 2 heterocycles. The van der Waals surface area contributed by atoms with Crippen molar-refractivity contribution < 1.29 is 9.53 Å². The highest BCUT2D eigenvalue weighted by Crippen LogP contribution is 2.25. The third-order valence-corrected chi connectivity index (χ3v) is 4.32. The number of hydrogen-bond donors (Lipinski definition) is 4. The second-order valence-corrected chi connectivity index (χ2v) is 6.39. The molecule has 132 valence electrons. The fourth-order valence-electron chi connectivity index (χ4n) is 3.08. The van der Waals surface area contributed by atoms with Crippen LogP contribution >= 0.6 is 0 Å². The molecule has 7 nitrogen and oxygen atoms in total. The number of rotatable bonds is 5. The highest BCUT2D eigenvalue weighted by Gasteiger charge is 2.24. The van der Waals surface area contributed by atoms with Gasteiger partial charge in [0.15, 0.2) is 0 Å². The maximum atomic E-state index is 12.8. The highest BCUT2D eigenvalue weighted by molar-refractivity contribution is 6.12. The minimum atomic E-state index is -0.292. The SMILES string of the molecule is CNn1c(C(C)C)cc(C(=O)Nc2ccc3c(c2)COC3)c1C(=N)N. The van der Waals surface area contributed by atoms with Gasteiger partial charge in [-0.2, -0.15) is 0 Å². The van der Waals surface area contributed by atoms with Gasteiger partial charge in [-0.1, -0.05) is 19.9 Å². The zero-order valence-corrected chi connectivity index (χ0v) is 14.6. The Morgan fingerprint density at radius 1 is 1.28 bits per heavy atom. The minimum absolute atomic E-state index is 0.159. The van der Waals surface area contributed by atoms with Crippen molar-refractivity contribution in [1.82, 2.24) is 4.68 Å². The number of nitrogens with two attached hydrogens (primary N) is 1. The zero-order chi connectivity index (χ0) is 18.1. The van der Waals surface area contributed by atoms with E-state index in [9.17, 15) is 4.79 Å². The molecule has 1 aliphatic rings. The molecule has 1 aromatic carbocycles. The van der Waals surface area contributed by atoms with Gasteiger partial charge in [0.2, 0.25) is 0 Å². The van der Waals surface area contributed by atoms with E-state index in [0.29, 0.717) is 30.2 Å². The predicted molar refractivity (Wildman–Crippen MR) is 97.7 cm³/mol. The lowest BCUT2D eigenvalue weighted by Crippen LogP contribution is -2.26. The van der Waals surface area contributed by atoms with Gasteiger partial charge in [-0.25, -0.2) is 0 Å². The summed E-state index contributed by atoms with van der Waals surface area (Å²) in [7, 11) is 1.74. The molecule has 0 unspecified atom stereocenters. The molecule has 0 fully saturated rings. The van der Waals surface area contributed by atoms with Crippen molar-refractivity contribution in [3.63, 3.8) is 0 Å². The molecule has 3 rings (SSSR count). The molecule has 0 saturated carbocycles.